The molecule has 0 radical (unpaired) electrons. The number of carbonyl (C=O) groups is 2. The zero-order valence-electron chi connectivity index (χ0n) is 15.2. The van der Waals surface area contributed by atoms with Crippen LogP contribution in [0.15, 0.2) is 12.1 Å². The molecule has 6 heteroatoms. The first-order chi connectivity index (χ1) is 11.9. The maximum absolute atomic E-state index is 12.8. The fraction of sp³-hybridized carbons (Fsp3) is 0.579. The molecule has 3 rings (SSSR count). The second-order valence-corrected chi connectivity index (χ2v) is 7.48. The molecule has 2 fully saturated rings. The fourth-order valence-corrected chi connectivity index (χ4v) is 4.30. The maximum atomic E-state index is 12.8. The number of anilines is 1. The van der Waals surface area contributed by atoms with Crippen LogP contribution in [0.2, 0.25) is 5.02 Å². The summed E-state index contributed by atoms with van der Waals surface area (Å²) >= 11 is 6.39. The van der Waals surface area contributed by atoms with E-state index in [1.54, 1.807) is 4.90 Å². The molecule has 2 aliphatic rings. The van der Waals surface area contributed by atoms with Crippen molar-refractivity contribution in [2.75, 3.05) is 44.2 Å². The molecule has 5 nitrogen and oxygen atoms in total. The van der Waals surface area contributed by atoms with Gasteiger partial charge in [0.2, 0.25) is 11.8 Å². The van der Waals surface area contributed by atoms with Gasteiger partial charge in [-0.1, -0.05) is 24.6 Å². The number of piperazine rings is 1. The number of aryl methyl sites for hydroxylation is 2. The Kier molecular flexibility index (Phi) is 5.35. The first kappa shape index (κ1) is 18.2. The average Bonchev–Trinajstić information content (AvgIpc) is 2.95. The molecular formula is C19H26ClN3O2. The monoisotopic (exact) mass is 363 g/mol. The Balaban J connectivity index is 1.72. The summed E-state index contributed by atoms with van der Waals surface area (Å²) in [7, 11) is 0. The van der Waals surface area contributed by atoms with Gasteiger partial charge < -0.3 is 14.7 Å². The zero-order chi connectivity index (χ0) is 18.1. The highest BCUT2D eigenvalue weighted by molar-refractivity contribution is 6.34. The number of rotatable bonds is 3. The molecule has 25 heavy (non-hydrogen) atoms. The summed E-state index contributed by atoms with van der Waals surface area (Å²) in [6, 6.07) is 3.89. The van der Waals surface area contributed by atoms with Crippen molar-refractivity contribution in [1.29, 1.82) is 0 Å². The molecular weight excluding hydrogens is 338 g/mol. The van der Waals surface area contributed by atoms with Crippen molar-refractivity contribution >= 4 is 29.1 Å². The molecule has 1 unspecified atom stereocenters. The summed E-state index contributed by atoms with van der Waals surface area (Å²) in [6.45, 7) is 10.8. The molecule has 0 spiro atoms. The van der Waals surface area contributed by atoms with Crippen molar-refractivity contribution in [3.05, 3.63) is 28.3 Å². The topological polar surface area (TPSA) is 43.9 Å². The van der Waals surface area contributed by atoms with Crippen LogP contribution < -0.4 is 4.90 Å². The lowest BCUT2D eigenvalue weighted by Crippen LogP contribution is -2.50. The highest BCUT2D eigenvalue weighted by Gasteiger charge is 2.38. The quantitative estimate of drug-likeness (QED) is 0.828. The van der Waals surface area contributed by atoms with E-state index in [1.165, 1.54) is 0 Å². The van der Waals surface area contributed by atoms with Crippen LogP contribution in [0, 0.1) is 19.8 Å². The molecule has 0 N–H and O–H groups in total. The van der Waals surface area contributed by atoms with Gasteiger partial charge in [-0.05, 0) is 37.6 Å². The second-order valence-electron chi connectivity index (χ2n) is 7.08. The van der Waals surface area contributed by atoms with E-state index in [9.17, 15) is 9.59 Å². The Morgan fingerprint density at radius 2 is 1.88 bits per heavy atom. The van der Waals surface area contributed by atoms with Gasteiger partial charge in [0.1, 0.15) is 0 Å². The minimum absolute atomic E-state index is 0.0144. The summed E-state index contributed by atoms with van der Waals surface area (Å²) in [5.74, 6) is -0.177. The number of hydrogen-bond acceptors (Lipinski definition) is 3. The normalized spacial score (nSPS) is 21.9. The third-order valence-corrected chi connectivity index (χ3v) is 5.56. The van der Waals surface area contributed by atoms with Crippen LogP contribution in [-0.2, 0) is 9.59 Å². The van der Waals surface area contributed by atoms with E-state index in [0.29, 0.717) is 11.6 Å². The smallest absolute Gasteiger partial charge is 0.228 e. The molecule has 2 saturated heterocycles. The van der Waals surface area contributed by atoms with Gasteiger partial charge in [-0.15, -0.1) is 0 Å². The van der Waals surface area contributed by atoms with E-state index in [-0.39, 0.29) is 24.2 Å². The molecule has 1 aromatic rings. The van der Waals surface area contributed by atoms with Crippen molar-refractivity contribution in [2.24, 2.45) is 5.92 Å². The molecule has 0 aromatic heterocycles. The van der Waals surface area contributed by atoms with Gasteiger partial charge in [-0.2, -0.15) is 0 Å². The van der Waals surface area contributed by atoms with E-state index in [0.717, 1.165) is 49.5 Å². The Hall–Kier alpha value is -1.59. The van der Waals surface area contributed by atoms with Crippen molar-refractivity contribution < 1.29 is 9.59 Å². The highest BCUT2D eigenvalue weighted by Crippen LogP contribution is 2.35. The predicted octanol–water partition coefficient (Wildman–Crippen LogP) is 2.47. The van der Waals surface area contributed by atoms with Gasteiger partial charge in [0.05, 0.1) is 16.6 Å². The molecule has 2 amide bonds. The summed E-state index contributed by atoms with van der Waals surface area (Å²) < 4.78 is 0. The maximum Gasteiger partial charge on any atom is 0.228 e. The van der Waals surface area contributed by atoms with Gasteiger partial charge in [-0.3, -0.25) is 9.59 Å². The molecule has 0 aliphatic carbocycles. The van der Waals surface area contributed by atoms with Crippen LogP contribution in [0.5, 0.6) is 0 Å². The highest BCUT2D eigenvalue weighted by atomic mass is 35.5. The van der Waals surface area contributed by atoms with E-state index >= 15 is 0 Å². The predicted molar refractivity (Wildman–Crippen MR) is 100 cm³/mol. The number of hydrogen-bond donors (Lipinski definition) is 0. The summed E-state index contributed by atoms with van der Waals surface area (Å²) in [4.78, 5) is 31.3. The van der Waals surface area contributed by atoms with Gasteiger partial charge in [0.25, 0.3) is 0 Å². The first-order valence-corrected chi connectivity index (χ1v) is 9.36. The number of amides is 2. The van der Waals surface area contributed by atoms with E-state index in [1.807, 2.05) is 30.9 Å². The zero-order valence-corrected chi connectivity index (χ0v) is 16.0. The van der Waals surface area contributed by atoms with Crippen LogP contribution >= 0.6 is 11.6 Å². The van der Waals surface area contributed by atoms with Crippen LogP contribution in [0.3, 0.4) is 0 Å². The summed E-state index contributed by atoms with van der Waals surface area (Å²) in [5.41, 5.74) is 2.80. The molecule has 0 saturated carbocycles. The van der Waals surface area contributed by atoms with Crippen LogP contribution in [0.4, 0.5) is 5.69 Å². The van der Waals surface area contributed by atoms with Gasteiger partial charge in [0.15, 0.2) is 0 Å². The van der Waals surface area contributed by atoms with Gasteiger partial charge >= 0.3 is 0 Å². The third-order valence-electron chi connectivity index (χ3n) is 5.27. The largest absolute Gasteiger partial charge is 0.340 e. The summed E-state index contributed by atoms with van der Waals surface area (Å²) in [6.07, 6.45) is 0.274. The second kappa shape index (κ2) is 7.34. The molecule has 2 aliphatic heterocycles. The standard InChI is InChI=1S/C19H26ClN3O2/c1-4-21-5-7-22(8-6-21)19(25)15-11-17(24)23(12-15)18-14(3)9-13(2)10-16(18)20/h9-10,15H,4-8,11-12H2,1-3H3. The number of benzene rings is 1. The Bertz CT molecular complexity index is 660. The summed E-state index contributed by atoms with van der Waals surface area (Å²) in [5, 5.41) is 0.579. The molecule has 0 bridgehead atoms. The van der Waals surface area contributed by atoms with Crippen molar-refractivity contribution in [3.8, 4) is 0 Å². The van der Waals surface area contributed by atoms with Crippen LogP contribution in [-0.4, -0.2) is 60.9 Å². The Morgan fingerprint density at radius 1 is 1.20 bits per heavy atom. The number of nitrogens with zero attached hydrogens (tertiary/aromatic N) is 3. The molecule has 1 atom stereocenters. The van der Waals surface area contributed by atoms with E-state index < -0.39 is 0 Å². The Labute approximate surface area is 154 Å². The number of halogens is 1. The first-order valence-electron chi connectivity index (χ1n) is 8.99. The lowest BCUT2D eigenvalue weighted by Gasteiger charge is -2.35. The lowest BCUT2D eigenvalue weighted by molar-refractivity contribution is -0.137. The lowest BCUT2D eigenvalue weighted by atomic mass is 10.1. The molecule has 2 heterocycles. The van der Waals surface area contributed by atoms with Crippen LogP contribution in [0.1, 0.15) is 24.5 Å². The van der Waals surface area contributed by atoms with E-state index in [2.05, 4.69) is 11.8 Å². The number of likely N-dealkylation sites (N-methyl/N-ethyl adjacent to an activating group) is 1. The van der Waals surface area contributed by atoms with Crippen LogP contribution in [0.25, 0.3) is 0 Å². The van der Waals surface area contributed by atoms with Crippen molar-refractivity contribution in [1.82, 2.24) is 9.80 Å². The van der Waals surface area contributed by atoms with E-state index in [4.69, 9.17) is 11.6 Å². The molecule has 1 aromatic carbocycles. The average molecular weight is 364 g/mol. The minimum atomic E-state index is -0.266. The Morgan fingerprint density at radius 3 is 2.48 bits per heavy atom. The van der Waals surface area contributed by atoms with Gasteiger partial charge in [-0.25, -0.2) is 0 Å². The fourth-order valence-electron chi connectivity index (χ4n) is 3.88. The van der Waals surface area contributed by atoms with Crippen molar-refractivity contribution in [2.45, 2.75) is 27.2 Å². The van der Waals surface area contributed by atoms with Gasteiger partial charge in [0, 0.05) is 39.1 Å². The molecule has 136 valence electrons. The minimum Gasteiger partial charge on any atom is -0.340 e. The van der Waals surface area contributed by atoms with Crippen molar-refractivity contribution in [3.63, 3.8) is 0 Å². The SMILES string of the molecule is CCN1CCN(C(=O)C2CC(=O)N(c3c(C)cc(C)cc3Cl)C2)CC1. The third kappa shape index (κ3) is 3.67. The number of carbonyl (C=O) groups excluding carboxylic acids is 2.